The zero-order valence-electron chi connectivity index (χ0n) is 17.8. The molecule has 4 fully saturated rings. The van der Waals surface area contributed by atoms with Crippen molar-refractivity contribution in [3.05, 3.63) is 59.2 Å². The highest BCUT2D eigenvalue weighted by atomic mass is 16.5. The number of ether oxygens (including phenoxy) is 1. The highest BCUT2D eigenvalue weighted by Gasteiger charge is 2.52. The Bertz CT molecular complexity index is 852. The number of methoxy groups -OCH3 is 1. The van der Waals surface area contributed by atoms with Crippen LogP contribution in [0.5, 0.6) is 5.75 Å². The summed E-state index contributed by atoms with van der Waals surface area (Å²) in [6, 6.07) is 6.65. The third kappa shape index (κ3) is 4.05. The van der Waals surface area contributed by atoms with Crippen LogP contribution in [0.3, 0.4) is 0 Å². The fourth-order valence-corrected chi connectivity index (χ4v) is 6.49. The number of allylic oxidation sites excluding steroid dienone is 5. The van der Waals surface area contributed by atoms with Crippen molar-refractivity contribution in [3.8, 4) is 5.75 Å². The molecule has 0 unspecified atom stereocenters. The van der Waals surface area contributed by atoms with E-state index >= 15 is 0 Å². The molecule has 3 nitrogen and oxygen atoms in total. The molecular weight excluding hydrogens is 360 g/mol. The summed E-state index contributed by atoms with van der Waals surface area (Å²) in [4.78, 5) is 10.8. The highest BCUT2D eigenvalue weighted by Crippen LogP contribution is 2.62. The summed E-state index contributed by atoms with van der Waals surface area (Å²) in [5.41, 5.74) is 4.84. The van der Waals surface area contributed by atoms with Gasteiger partial charge in [-0.05, 0) is 104 Å². The van der Waals surface area contributed by atoms with E-state index in [0.29, 0.717) is 5.41 Å². The molecule has 1 aromatic carbocycles. The monoisotopic (exact) mass is 392 g/mol. The van der Waals surface area contributed by atoms with Gasteiger partial charge in [-0.15, -0.1) is 0 Å². The van der Waals surface area contributed by atoms with Crippen LogP contribution < -0.4 is 4.74 Å². The van der Waals surface area contributed by atoms with E-state index in [9.17, 15) is 4.79 Å². The quantitative estimate of drug-likeness (QED) is 0.466. The fourth-order valence-electron chi connectivity index (χ4n) is 6.49. The van der Waals surface area contributed by atoms with Crippen molar-refractivity contribution in [1.82, 2.24) is 0 Å². The highest BCUT2D eigenvalue weighted by molar-refractivity contribution is 5.81. The summed E-state index contributed by atoms with van der Waals surface area (Å²) in [5.74, 6) is 2.83. The molecule has 4 bridgehead atoms. The van der Waals surface area contributed by atoms with Crippen LogP contribution in [-0.2, 0) is 10.2 Å². The van der Waals surface area contributed by atoms with Gasteiger partial charge in [0.1, 0.15) is 5.75 Å². The number of carbonyl (C=O) groups is 1. The fraction of sp³-hybridized carbons (Fsp3) is 0.500. The molecule has 1 N–H and O–H groups in total. The molecule has 0 saturated heterocycles. The molecule has 5 rings (SSSR count). The van der Waals surface area contributed by atoms with Gasteiger partial charge in [0, 0.05) is 11.6 Å². The number of hydrogen-bond acceptors (Lipinski definition) is 2. The Hall–Kier alpha value is -2.29. The molecule has 0 aromatic heterocycles. The SMILES string of the molecule is COc1ccc(/C(C)=C/C=C/C(C)=C\C(=O)O)cc1C12CC3CC(CC(C3)C1)C2. The van der Waals surface area contributed by atoms with Crippen molar-refractivity contribution in [3.63, 3.8) is 0 Å². The van der Waals surface area contributed by atoms with Crippen molar-refractivity contribution >= 4 is 11.5 Å². The molecule has 0 aliphatic heterocycles. The lowest BCUT2D eigenvalue weighted by Crippen LogP contribution is -2.48. The molecule has 0 atom stereocenters. The second kappa shape index (κ2) is 7.85. The summed E-state index contributed by atoms with van der Waals surface area (Å²) >= 11 is 0. The minimum atomic E-state index is -0.914. The van der Waals surface area contributed by atoms with Crippen LogP contribution in [0.2, 0.25) is 0 Å². The third-order valence-corrected chi connectivity index (χ3v) is 7.32. The van der Waals surface area contributed by atoms with Gasteiger partial charge in [0.25, 0.3) is 0 Å². The largest absolute Gasteiger partial charge is 0.496 e. The summed E-state index contributed by atoms with van der Waals surface area (Å²) in [5, 5.41) is 8.83. The Kier molecular flexibility index (Phi) is 5.42. The topological polar surface area (TPSA) is 46.5 Å². The molecule has 3 heteroatoms. The van der Waals surface area contributed by atoms with Crippen molar-refractivity contribution in [2.75, 3.05) is 7.11 Å². The van der Waals surface area contributed by atoms with E-state index in [1.54, 1.807) is 14.0 Å². The van der Waals surface area contributed by atoms with Gasteiger partial charge < -0.3 is 9.84 Å². The summed E-state index contributed by atoms with van der Waals surface area (Å²) in [6.45, 7) is 3.91. The minimum absolute atomic E-state index is 0.299. The van der Waals surface area contributed by atoms with E-state index in [1.165, 1.54) is 61.3 Å². The lowest BCUT2D eigenvalue weighted by atomic mass is 9.48. The summed E-state index contributed by atoms with van der Waals surface area (Å²) < 4.78 is 5.82. The van der Waals surface area contributed by atoms with Crippen LogP contribution >= 0.6 is 0 Å². The smallest absolute Gasteiger partial charge is 0.328 e. The van der Waals surface area contributed by atoms with E-state index in [2.05, 4.69) is 31.2 Å². The van der Waals surface area contributed by atoms with Gasteiger partial charge in [0.15, 0.2) is 0 Å². The maximum Gasteiger partial charge on any atom is 0.328 e. The number of carboxylic acid groups (broad SMARTS) is 1. The predicted octanol–water partition coefficient (Wildman–Crippen LogP) is 6.15. The van der Waals surface area contributed by atoms with Crippen molar-refractivity contribution < 1.29 is 14.6 Å². The van der Waals surface area contributed by atoms with Crippen LogP contribution in [0.15, 0.2) is 48.1 Å². The molecule has 1 aromatic rings. The first kappa shape index (κ1) is 20.0. The molecule has 0 radical (unpaired) electrons. The average Bonchev–Trinajstić information content (AvgIpc) is 2.65. The lowest BCUT2D eigenvalue weighted by molar-refractivity contribution is -0.131. The first-order valence-electron chi connectivity index (χ1n) is 10.8. The van der Waals surface area contributed by atoms with E-state index in [0.717, 1.165) is 29.1 Å². The molecule has 0 amide bonds. The molecular formula is C26H32O3. The molecule has 4 saturated carbocycles. The van der Waals surface area contributed by atoms with Crippen molar-refractivity contribution in [2.24, 2.45) is 17.8 Å². The second-order valence-electron chi connectivity index (χ2n) is 9.55. The van der Waals surface area contributed by atoms with Gasteiger partial charge in [-0.1, -0.05) is 24.3 Å². The van der Waals surface area contributed by atoms with E-state index in [-0.39, 0.29) is 0 Å². The van der Waals surface area contributed by atoms with Gasteiger partial charge in [0.05, 0.1) is 7.11 Å². The zero-order chi connectivity index (χ0) is 20.6. The van der Waals surface area contributed by atoms with Crippen molar-refractivity contribution in [2.45, 2.75) is 57.8 Å². The Labute approximate surface area is 174 Å². The van der Waals surface area contributed by atoms with Crippen LogP contribution in [0, 0.1) is 17.8 Å². The molecule has 4 aliphatic rings. The van der Waals surface area contributed by atoms with E-state index in [4.69, 9.17) is 9.84 Å². The van der Waals surface area contributed by atoms with Gasteiger partial charge >= 0.3 is 5.97 Å². The Balaban J connectivity index is 1.63. The van der Waals surface area contributed by atoms with Gasteiger partial charge in [-0.2, -0.15) is 0 Å². The first-order valence-corrected chi connectivity index (χ1v) is 10.8. The zero-order valence-corrected chi connectivity index (χ0v) is 17.8. The summed E-state index contributed by atoms with van der Waals surface area (Å²) in [6.07, 6.45) is 15.3. The standard InChI is InChI=1S/C26H32O3/c1-17(9-25(27)28)5-4-6-18(2)22-7-8-24(29-3)23(13-22)26-14-19-10-20(15-26)12-21(11-19)16-26/h4-9,13,19-21H,10-12,14-16H2,1-3H3,(H,27,28)/b5-4+,17-9-,18-6+. The van der Waals surface area contributed by atoms with Gasteiger partial charge in [0.2, 0.25) is 0 Å². The maximum atomic E-state index is 10.8. The van der Waals surface area contributed by atoms with Gasteiger partial charge in [-0.25, -0.2) is 4.79 Å². The Morgan fingerprint density at radius 2 is 1.72 bits per heavy atom. The van der Waals surface area contributed by atoms with Crippen LogP contribution in [-0.4, -0.2) is 18.2 Å². The minimum Gasteiger partial charge on any atom is -0.496 e. The Morgan fingerprint density at radius 3 is 2.28 bits per heavy atom. The maximum absolute atomic E-state index is 10.8. The van der Waals surface area contributed by atoms with Crippen molar-refractivity contribution in [1.29, 1.82) is 0 Å². The third-order valence-electron chi connectivity index (χ3n) is 7.32. The van der Waals surface area contributed by atoms with E-state index in [1.807, 2.05) is 12.2 Å². The second-order valence-corrected chi connectivity index (χ2v) is 9.55. The number of carboxylic acids is 1. The van der Waals surface area contributed by atoms with Gasteiger partial charge in [-0.3, -0.25) is 0 Å². The van der Waals surface area contributed by atoms with Crippen LogP contribution in [0.1, 0.15) is 63.5 Å². The molecule has 0 spiro atoms. The van der Waals surface area contributed by atoms with Crippen LogP contribution in [0.4, 0.5) is 0 Å². The normalized spacial score (nSPS) is 31.5. The predicted molar refractivity (Wildman–Crippen MR) is 117 cm³/mol. The molecule has 154 valence electrons. The summed E-state index contributed by atoms with van der Waals surface area (Å²) in [7, 11) is 1.79. The number of benzene rings is 1. The number of hydrogen-bond donors (Lipinski definition) is 1. The first-order chi connectivity index (χ1) is 13.9. The van der Waals surface area contributed by atoms with Crippen LogP contribution in [0.25, 0.3) is 5.57 Å². The Morgan fingerprint density at radius 1 is 1.10 bits per heavy atom. The number of rotatable bonds is 6. The molecule has 4 aliphatic carbocycles. The van der Waals surface area contributed by atoms with E-state index < -0.39 is 5.97 Å². The average molecular weight is 393 g/mol. The molecule has 0 heterocycles. The number of aliphatic carboxylic acids is 1. The molecule has 29 heavy (non-hydrogen) atoms. The lowest BCUT2D eigenvalue weighted by Gasteiger charge is -2.57.